The molecule has 0 radical (unpaired) electrons. The SMILES string of the molecule is CC(=O)O[C@H]1C(=O)[C@]2(C)[C@@H](O)CC3OC[C@@]3(OC(C)=O)[C@H]2[C@H](OC(=O)c2ccccc2)[C@]2(O)C[C@H](OC(=O)[C@H](OC(=O)OCc3ccc(NC(=O)[C@@H](CC(N)=O)NC(=O)[C@@H](C)NC(=O)C(C)C)cc3)[C@@H](NC(=O)c3ccccc3)c3ccccc3)C(C)=C1C2(C)C. The second kappa shape index (κ2) is 27.4. The first kappa shape index (κ1) is 67.6. The van der Waals surface area contributed by atoms with Gasteiger partial charge in [0.05, 0.1) is 36.0 Å². The third kappa shape index (κ3) is 14.0. The van der Waals surface area contributed by atoms with Gasteiger partial charge in [0.2, 0.25) is 29.7 Å². The van der Waals surface area contributed by atoms with Crippen LogP contribution < -0.4 is 27.0 Å². The van der Waals surface area contributed by atoms with Crippen LogP contribution >= 0.6 is 0 Å². The molecule has 1 aliphatic heterocycles. The zero-order valence-corrected chi connectivity index (χ0v) is 51.7. The van der Waals surface area contributed by atoms with E-state index in [2.05, 4.69) is 21.3 Å². The number of aliphatic hydroxyl groups is 2. The molecule has 1 saturated heterocycles. The summed E-state index contributed by atoms with van der Waals surface area (Å²) >= 11 is 0. The van der Waals surface area contributed by atoms with Gasteiger partial charge in [0, 0.05) is 49.3 Å². The van der Waals surface area contributed by atoms with Crippen LogP contribution in [0.3, 0.4) is 0 Å². The Hall–Kier alpha value is -9.33. The van der Waals surface area contributed by atoms with Crippen molar-refractivity contribution in [1.82, 2.24) is 16.0 Å². The number of rotatable bonds is 21. The van der Waals surface area contributed by atoms with Gasteiger partial charge in [0.25, 0.3) is 5.91 Å². The Kier molecular flexibility index (Phi) is 20.4. The van der Waals surface area contributed by atoms with E-state index in [1.54, 1.807) is 68.4 Å². The highest BCUT2D eigenvalue weighted by atomic mass is 16.7. The summed E-state index contributed by atoms with van der Waals surface area (Å²) in [7, 11) is 0. The van der Waals surface area contributed by atoms with E-state index in [1.165, 1.54) is 95.3 Å². The topological polar surface area (TPSA) is 367 Å². The lowest BCUT2D eigenvalue weighted by molar-refractivity contribution is -0.346. The number of Topliss-reactive ketones (excluding diaryl/α,β-unsaturated/α-hetero) is 1. The van der Waals surface area contributed by atoms with E-state index in [9.17, 15) is 53.4 Å². The highest BCUT2D eigenvalue weighted by Gasteiger charge is 2.78. The number of nitrogens with one attached hydrogen (secondary N) is 4. The van der Waals surface area contributed by atoms with Crippen LogP contribution in [0.25, 0.3) is 0 Å². The van der Waals surface area contributed by atoms with Gasteiger partial charge in [-0.3, -0.25) is 38.4 Å². The molecule has 3 aliphatic carbocycles. The Balaban J connectivity index is 1.15. The molecular weight excluding hydrogens is 1180 g/mol. The van der Waals surface area contributed by atoms with E-state index in [0.29, 0.717) is 5.56 Å². The number of nitrogens with two attached hydrogens (primary N) is 1. The second-order valence-electron chi connectivity index (χ2n) is 24.3. The molecule has 2 bridgehead atoms. The largest absolute Gasteiger partial charge is 0.509 e. The van der Waals surface area contributed by atoms with Crippen LogP contribution in [-0.4, -0.2) is 142 Å². The molecule has 8 N–H and O–H groups in total. The molecule has 1 unspecified atom stereocenters. The molecule has 2 saturated carbocycles. The fourth-order valence-corrected chi connectivity index (χ4v) is 12.6. The van der Waals surface area contributed by atoms with E-state index >= 15 is 9.59 Å². The van der Waals surface area contributed by atoms with E-state index in [1.807, 2.05) is 0 Å². The van der Waals surface area contributed by atoms with Gasteiger partial charge in [-0.15, -0.1) is 0 Å². The molecule has 8 rings (SSSR count). The summed E-state index contributed by atoms with van der Waals surface area (Å²) in [5, 5.41) is 36.7. The minimum Gasteiger partial charge on any atom is -0.455 e. The van der Waals surface area contributed by atoms with Crippen LogP contribution in [0.2, 0.25) is 0 Å². The Morgan fingerprint density at radius 1 is 0.736 bits per heavy atom. The molecule has 484 valence electrons. The molecule has 5 amide bonds. The smallest absolute Gasteiger partial charge is 0.455 e. The zero-order chi connectivity index (χ0) is 66.5. The lowest BCUT2D eigenvalue weighted by Crippen LogP contribution is -2.82. The van der Waals surface area contributed by atoms with Crippen LogP contribution in [-0.2, 0) is 78.1 Å². The molecule has 1 heterocycles. The average molecular weight is 1260 g/mol. The maximum Gasteiger partial charge on any atom is 0.509 e. The number of hydrogen-bond acceptors (Lipinski definition) is 20. The van der Waals surface area contributed by atoms with Crippen molar-refractivity contribution in [3.63, 3.8) is 0 Å². The summed E-state index contributed by atoms with van der Waals surface area (Å²) < 4.78 is 42.4. The fourth-order valence-electron chi connectivity index (χ4n) is 12.6. The number of ketones is 1. The Morgan fingerprint density at radius 3 is 1.90 bits per heavy atom. The van der Waals surface area contributed by atoms with E-state index in [4.69, 9.17) is 38.9 Å². The number of anilines is 1. The number of esters is 4. The first-order valence-corrected chi connectivity index (χ1v) is 29.6. The van der Waals surface area contributed by atoms with E-state index in [0.717, 1.165) is 13.8 Å². The van der Waals surface area contributed by atoms with Gasteiger partial charge in [0.1, 0.15) is 48.6 Å². The number of ether oxygens (including phenoxy) is 7. The molecule has 4 aliphatic rings. The predicted molar refractivity (Wildman–Crippen MR) is 320 cm³/mol. The van der Waals surface area contributed by atoms with Crippen LogP contribution in [0, 0.1) is 22.7 Å². The number of carbonyl (C=O) groups is 11. The van der Waals surface area contributed by atoms with Gasteiger partial charge >= 0.3 is 30.0 Å². The number of hydrogen-bond donors (Lipinski definition) is 7. The van der Waals surface area contributed by atoms with Crippen molar-refractivity contribution in [3.8, 4) is 0 Å². The van der Waals surface area contributed by atoms with Crippen molar-refractivity contribution in [2.24, 2.45) is 28.4 Å². The maximum atomic E-state index is 15.9. The monoisotopic (exact) mass is 1260 g/mol. The summed E-state index contributed by atoms with van der Waals surface area (Å²) in [6.45, 7) is 11.7. The van der Waals surface area contributed by atoms with Crippen LogP contribution in [0.5, 0.6) is 0 Å². The molecule has 13 atom stereocenters. The Morgan fingerprint density at radius 2 is 1.34 bits per heavy atom. The minimum atomic E-state index is -2.56. The quantitative estimate of drug-likeness (QED) is 0.0341. The number of benzene rings is 4. The fraction of sp³-hybridized carbons (Fsp3) is 0.439. The molecule has 25 nitrogen and oxygen atoms in total. The highest BCUT2D eigenvalue weighted by molar-refractivity contribution is 6.01. The lowest BCUT2D eigenvalue weighted by Gasteiger charge is -2.67. The summed E-state index contributed by atoms with van der Waals surface area (Å²) in [4.78, 5) is 152. The molecule has 0 spiro atoms. The first-order valence-electron chi connectivity index (χ1n) is 29.6. The molecular formula is C66H75N5O20. The summed E-state index contributed by atoms with van der Waals surface area (Å²) in [5.41, 5.74) is -2.29. The molecule has 91 heavy (non-hydrogen) atoms. The van der Waals surface area contributed by atoms with Gasteiger partial charge in [0.15, 0.2) is 17.5 Å². The standard InChI is InChI=1S/C66H75N5O20/c1-34(2)56(77)68-36(4)57(78)70-44(29-48(67)75)59(80)69-43-27-25-39(26-28-43)32-85-62(83)89-52(50(40-19-13-10-14-20-40)71-58(79)41-21-15-11-16-22-41)61(82)88-45-31-66(84)55(90-60(81)42-23-17-12-18-24-42)53-64(9,46(74)30-47-65(53,33-86-47)91-38(6)73)54(76)51(87-37(5)72)49(35(45)3)63(66,7)8/h10-28,34,36,44-47,50-53,55,74,84H,29-33H2,1-9H3,(H2,67,75)(H,68,77)(H,69,80)(H,70,78)(H,71,79)/t36-,44-,45+,46+,47?,50+,51-,52-,53+,55+,64-,65+,66-/m1/s1. The number of primary amides is 1. The third-order valence-corrected chi connectivity index (χ3v) is 17.6. The number of carbonyl (C=O) groups excluding carboxylic acids is 11. The summed E-state index contributed by atoms with van der Waals surface area (Å²) in [6.07, 6.45) is -13.6. The van der Waals surface area contributed by atoms with E-state index < -0.39 is 180 Å². The van der Waals surface area contributed by atoms with Gasteiger partial charge in [-0.1, -0.05) is 107 Å². The number of amides is 5. The zero-order valence-electron chi connectivity index (χ0n) is 51.7. The molecule has 3 fully saturated rings. The second-order valence-corrected chi connectivity index (χ2v) is 24.3. The van der Waals surface area contributed by atoms with Crippen molar-refractivity contribution in [2.45, 2.75) is 154 Å². The van der Waals surface area contributed by atoms with Crippen molar-refractivity contribution >= 4 is 71.0 Å². The summed E-state index contributed by atoms with van der Waals surface area (Å²) in [5.74, 6) is -10.9. The van der Waals surface area contributed by atoms with Crippen LogP contribution in [0.4, 0.5) is 10.5 Å². The molecule has 4 aromatic carbocycles. The van der Waals surface area contributed by atoms with Crippen LogP contribution in [0.15, 0.2) is 126 Å². The van der Waals surface area contributed by atoms with E-state index in [-0.39, 0.29) is 39.9 Å². The first-order chi connectivity index (χ1) is 42.9. The normalized spacial score (nSPS) is 25.8. The maximum absolute atomic E-state index is 15.9. The molecule has 25 heteroatoms. The molecule has 0 aromatic heterocycles. The number of fused-ring (bicyclic) bond motifs is 5. The minimum absolute atomic E-state index is 0.00346. The highest BCUT2D eigenvalue weighted by Crippen LogP contribution is 2.64. The predicted octanol–water partition coefficient (Wildman–Crippen LogP) is 4.56. The van der Waals surface area contributed by atoms with Gasteiger partial charge in [-0.05, 0) is 79.4 Å². The van der Waals surface area contributed by atoms with Crippen molar-refractivity contribution in [2.75, 3.05) is 11.9 Å². The van der Waals surface area contributed by atoms with Crippen molar-refractivity contribution in [3.05, 3.63) is 149 Å². The third-order valence-electron chi connectivity index (χ3n) is 17.6. The van der Waals surface area contributed by atoms with Crippen molar-refractivity contribution < 1.29 is 96.1 Å². The van der Waals surface area contributed by atoms with Gasteiger partial charge < -0.3 is 70.4 Å². The van der Waals surface area contributed by atoms with Gasteiger partial charge in [-0.25, -0.2) is 14.4 Å². The number of aliphatic hydroxyl groups excluding tert-OH is 1. The average Bonchev–Trinajstić information content (AvgIpc) is 0.671. The van der Waals surface area contributed by atoms with Gasteiger partial charge in [-0.2, -0.15) is 0 Å². The lowest BCUT2D eigenvalue weighted by atomic mass is 9.44. The Labute approximate surface area is 524 Å². The Bertz CT molecular complexity index is 3490. The van der Waals surface area contributed by atoms with Crippen LogP contribution in [0.1, 0.15) is 119 Å². The molecule has 4 aromatic rings. The van der Waals surface area contributed by atoms with Crippen molar-refractivity contribution in [1.29, 1.82) is 0 Å². The summed E-state index contributed by atoms with van der Waals surface area (Å²) in [6, 6.07) is 25.0.